The van der Waals surface area contributed by atoms with Crippen LogP contribution in [-0.4, -0.2) is 45.7 Å². The van der Waals surface area contributed by atoms with Gasteiger partial charge in [0.15, 0.2) is 0 Å². The number of hydrogen-bond donors (Lipinski definition) is 2. The van der Waals surface area contributed by atoms with Crippen LogP contribution in [-0.2, 0) is 19.5 Å². The lowest BCUT2D eigenvalue weighted by atomic mass is 10.0. The number of aromatic nitrogens is 3. The zero-order valence-corrected chi connectivity index (χ0v) is 16.3. The summed E-state index contributed by atoms with van der Waals surface area (Å²) in [6.07, 6.45) is 4.03. The summed E-state index contributed by atoms with van der Waals surface area (Å²) in [6.45, 7) is 1.73. The Morgan fingerprint density at radius 3 is 2.66 bits per heavy atom. The van der Waals surface area contributed by atoms with Gasteiger partial charge >= 0.3 is 0 Å². The first-order chi connectivity index (χ1) is 14.1. The molecule has 0 radical (unpaired) electrons. The molecule has 2 aromatic heterocycles. The summed E-state index contributed by atoms with van der Waals surface area (Å²) in [5, 5.41) is 9.84. The minimum Gasteiger partial charge on any atom is -0.508 e. The van der Waals surface area contributed by atoms with Crippen molar-refractivity contribution in [2.75, 3.05) is 20.8 Å². The summed E-state index contributed by atoms with van der Waals surface area (Å²) < 4.78 is 10.8. The summed E-state index contributed by atoms with van der Waals surface area (Å²) in [4.78, 5) is 26.5. The van der Waals surface area contributed by atoms with Crippen LogP contribution >= 0.6 is 0 Å². The Labute approximate surface area is 167 Å². The number of hydrogen-bond acceptors (Lipinski definition) is 7. The number of methoxy groups -OCH3 is 2. The predicted octanol–water partition coefficient (Wildman–Crippen LogP) is 2.11. The predicted molar refractivity (Wildman–Crippen MR) is 107 cm³/mol. The molecule has 0 fully saturated rings. The first-order valence-corrected chi connectivity index (χ1v) is 9.27. The number of benzene rings is 1. The molecule has 1 aliphatic rings. The molecular weight excluding hydrogens is 372 g/mol. The number of aromatic amines is 1. The highest BCUT2D eigenvalue weighted by atomic mass is 16.5. The molecule has 1 aliphatic heterocycles. The van der Waals surface area contributed by atoms with Crippen LogP contribution in [0.25, 0.3) is 11.4 Å². The molecule has 4 rings (SSSR count). The van der Waals surface area contributed by atoms with Gasteiger partial charge in [0.2, 0.25) is 0 Å². The van der Waals surface area contributed by atoms with Crippen molar-refractivity contribution in [3.8, 4) is 28.6 Å². The van der Waals surface area contributed by atoms with Gasteiger partial charge in [0.05, 0.1) is 31.0 Å². The standard InChI is InChI=1S/C21H22N4O4/c1-28-18-8-14(26)9-19(29-2)16(18)12-25-7-5-17-15(11-25)21(27)24-20(23-17)13-4-3-6-22-10-13/h3-4,6,8-10,26H,5,7,11-12H2,1-2H3,(H,23,24,27). The minimum absolute atomic E-state index is 0.0787. The second-order valence-electron chi connectivity index (χ2n) is 6.87. The number of aromatic hydroxyl groups is 1. The van der Waals surface area contributed by atoms with Gasteiger partial charge in [-0.2, -0.15) is 0 Å². The molecular formula is C21H22N4O4. The van der Waals surface area contributed by atoms with Crippen LogP contribution in [0, 0.1) is 0 Å². The molecule has 8 nitrogen and oxygen atoms in total. The Bertz CT molecular complexity index is 1060. The van der Waals surface area contributed by atoms with E-state index in [1.807, 2.05) is 12.1 Å². The molecule has 0 atom stereocenters. The van der Waals surface area contributed by atoms with E-state index in [1.165, 1.54) is 0 Å². The van der Waals surface area contributed by atoms with Crippen LogP contribution in [0.3, 0.4) is 0 Å². The number of phenols is 1. The third kappa shape index (κ3) is 3.79. The number of H-pyrrole nitrogens is 1. The highest BCUT2D eigenvalue weighted by molar-refractivity contribution is 5.53. The van der Waals surface area contributed by atoms with Crippen LogP contribution in [0.5, 0.6) is 17.2 Å². The summed E-state index contributed by atoms with van der Waals surface area (Å²) in [5.41, 5.74) is 2.96. The Hall–Kier alpha value is -3.39. The van der Waals surface area contributed by atoms with Crippen molar-refractivity contribution in [1.29, 1.82) is 0 Å². The van der Waals surface area contributed by atoms with Crippen molar-refractivity contribution in [3.05, 3.63) is 63.8 Å². The first-order valence-electron chi connectivity index (χ1n) is 9.27. The average molecular weight is 394 g/mol. The smallest absolute Gasteiger partial charge is 0.255 e. The van der Waals surface area contributed by atoms with Crippen molar-refractivity contribution < 1.29 is 14.6 Å². The number of rotatable bonds is 5. The van der Waals surface area contributed by atoms with E-state index in [1.54, 1.807) is 38.7 Å². The first kappa shape index (κ1) is 18.9. The molecule has 0 aliphatic carbocycles. The van der Waals surface area contributed by atoms with Gasteiger partial charge in [-0.3, -0.25) is 14.7 Å². The number of phenolic OH excluding ortho intramolecular Hbond substituents is 1. The zero-order chi connectivity index (χ0) is 20.4. The molecule has 3 aromatic rings. The van der Waals surface area contributed by atoms with Gasteiger partial charge in [0.1, 0.15) is 23.1 Å². The lowest BCUT2D eigenvalue weighted by molar-refractivity contribution is 0.233. The normalized spacial score (nSPS) is 13.7. The molecule has 150 valence electrons. The Balaban J connectivity index is 1.61. The van der Waals surface area contributed by atoms with Gasteiger partial charge in [0.25, 0.3) is 5.56 Å². The van der Waals surface area contributed by atoms with Crippen molar-refractivity contribution in [3.63, 3.8) is 0 Å². The molecule has 2 N–H and O–H groups in total. The molecule has 0 amide bonds. The van der Waals surface area contributed by atoms with Crippen LogP contribution in [0.1, 0.15) is 16.8 Å². The van der Waals surface area contributed by atoms with E-state index in [9.17, 15) is 9.90 Å². The highest BCUT2D eigenvalue weighted by Crippen LogP contribution is 2.35. The van der Waals surface area contributed by atoms with E-state index in [4.69, 9.17) is 9.47 Å². The maximum absolute atomic E-state index is 12.7. The average Bonchev–Trinajstić information content (AvgIpc) is 2.75. The second kappa shape index (κ2) is 7.92. The summed E-state index contributed by atoms with van der Waals surface area (Å²) in [6, 6.07) is 6.81. The third-order valence-corrected chi connectivity index (χ3v) is 5.06. The topological polar surface area (TPSA) is 101 Å². The summed E-state index contributed by atoms with van der Waals surface area (Å²) in [5.74, 6) is 1.71. The maximum atomic E-state index is 12.7. The molecule has 0 saturated heterocycles. The largest absolute Gasteiger partial charge is 0.508 e. The lowest BCUT2D eigenvalue weighted by Gasteiger charge is -2.28. The Morgan fingerprint density at radius 2 is 2.00 bits per heavy atom. The SMILES string of the molecule is COc1cc(O)cc(OC)c1CN1CCc2nc(-c3cccnc3)[nH]c(=O)c2C1. The number of fused-ring (bicyclic) bond motifs is 1. The van der Waals surface area contributed by atoms with Crippen LogP contribution in [0.2, 0.25) is 0 Å². The van der Waals surface area contributed by atoms with Gasteiger partial charge < -0.3 is 19.6 Å². The van der Waals surface area contributed by atoms with E-state index in [0.717, 1.165) is 23.4 Å². The van der Waals surface area contributed by atoms with Crippen molar-refractivity contribution >= 4 is 0 Å². The van der Waals surface area contributed by atoms with E-state index < -0.39 is 0 Å². The van der Waals surface area contributed by atoms with E-state index >= 15 is 0 Å². The Kier molecular flexibility index (Phi) is 5.18. The van der Waals surface area contributed by atoms with E-state index in [0.29, 0.717) is 42.4 Å². The fraction of sp³-hybridized carbons (Fsp3) is 0.286. The van der Waals surface area contributed by atoms with E-state index in [-0.39, 0.29) is 11.3 Å². The molecule has 29 heavy (non-hydrogen) atoms. The third-order valence-electron chi connectivity index (χ3n) is 5.06. The van der Waals surface area contributed by atoms with Gasteiger partial charge in [0, 0.05) is 56.1 Å². The van der Waals surface area contributed by atoms with E-state index in [2.05, 4.69) is 19.9 Å². The molecule has 0 unspecified atom stereocenters. The lowest BCUT2D eigenvalue weighted by Crippen LogP contribution is -2.35. The molecule has 0 bridgehead atoms. The molecule has 3 heterocycles. The summed E-state index contributed by atoms with van der Waals surface area (Å²) >= 11 is 0. The van der Waals surface area contributed by atoms with Crippen molar-refractivity contribution in [1.82, 2.24) is 19.9 Å². The maximum Gasteiger partial charge on any atom is 0.255 e. The fourth-order valence-corrected chi connectivity index (χ4v) is 3.61. The molecule has 0 spiro atoms. The van der Waals surface area contributed by atoms with Crippen LogP contribution in [0.15, 0.2) is 41.5 Å². The zero-order valence-electron chi connectivity index (χ0n) is 16.3. The number of ether oxygens (including phenoxy) is 2. The van der Waals surface area contributed by atoms with Crippen LogP contribution in [0.4, 0.5) is 0 Å². The summed E-state index contributed by atoms with van der Waals surface area (Å²) in [7, 11) is 3.11. The van der Waals surface area contributed by atoms with Crippen molar-refractivity contribution in [2.24, 2.45) is 0 Å². The molecule has 0 saturated carbocycles. The van der Waals surface area contributed by atoms with Crippen molar-refractivity contribution in [2.45, 2.75) is 19.5 Å². The van der Waals surface area contributed by atoms with Gasteiger partial charge in [-0.1, -0.05) is 0 Å². The number of nitrogens with zero attached hydrogens (tertiary/aromatic N) is 3. The Morgan fingerprint density at radius 1 is 1.24 bits per heavy atom. The second-order valence-corrected chi connectivity index (χ2v) is 6.87. The highest BCUT2D eigenvalue weighted by Gasteiger charge is 2.24. The van der Waals surface area contributed by atoms with Gasteiger partial charge in [-0.25, -0.2) is 4.98 Å². The minimum atomic E-state index is -0.136. The monoisotopic (exact) mass is 394 g/mol. The number of pyridine rings is 1. The van der Waals surface area contributed by atoms with Gasteiger partial charge in [-0.15, -0.1) is 0 Å². The van der Waals surface area contributed by atoms with Crippen LogP contribution < -0.4 is 15.0 Å². The quantitative estimate of drug-likeness (QED) is 0.684. The fourth-order valence-electron chi connectivity index (χ4n) is 3.61. The molecule has 8 heteroatoms. The number of nitrogens with one attached hydrogen (secondary N) is 1. The van der Waals surface area contributed by atoms with Gasteiger partial charge in [-0.05, 0) is 12.1 Å². The molecule has 1 aromatic carbocycles.